The summed E-state index contributed by atoms with van der Waals surface area (Å²) in [5, 5.41) is 8.79. The van der Waals surface area contributed by atoms with Gasteiger partial charge in [0.25, 0.3) is 5.91 Å². The summed E-state index contributed by atoms with van der Waals surface area (Å²) in [4.78, 5) is 34.9. The Bertz CT molecular complexity index is 499. The number of primary amides is 1. The fourth-order valence-electron chi connectivity index (χ4n) is 1.73. The van der Waals surface area contributed by atoms with Crippen molar-refractivity contribution in [3.8, 4) is 0 Å². The normalized spacial score (nSPS) is 10.1. The summed E-state index contributed by atoms with van der Waals surface area (Å²) in [6.45, 7) is -0.838. The Balaban J connectivity index is 3.04. The standard InChI is InChI=1S/C13H16N2O5/c1-20-8-9-4-2-3-5-10(9)13(19)15(6-11(14)16)7-12(17)18/h2-5H,6-8H2,1H3,(H2,14,16)(H,17,18). The van der Waals surface area contributed by atoms with Crippen molar-refractivity contribution in [3.63, 3.8) is 0 Å². The third-order valence-corrected chi connectivity index (χ3v) is 2.51. The van der Waals surface area contributed by atoms with Crippen molar-refractivity contribution < 1.29 is 24.2 Å². The van der Waals surface area contributed by atoms with E-state index < -0.39 is 30.9 Å². The summed E-state index contributed by atoms with van der Waals surface area (Å²) in [6.07, 6.45) is 0. The quantitative estimate of drug-likeness (QED) is 0.721. The van der Waals surface area contributed by atoms with E-state index >= 15 is 0 Å². The van der Waals surface area contributed by atoms with Crippen molar-refractivity contribution in [2.75, 3.05) is 20.2 Å². The van der Waals surface area contributed by atoms with Crippen LogP contribution in [0.25, 0.3) is 0 Å². The molecule has 0 atom stereocenters. The molecule has 0 saturated heterocycles. The van der Waals surface area contributed by atoms with Crippen LogP contribution in [-0.4, -0.2) is 48.0 Å². The molecular formula is C13H16N2O5. The number of benzene rings is 1. The van der Waals surface area contributed by atoms with E-state index in [0.29, 0.717) is 5.56 Å². The molecule has 0 aliphatic rings. The van der Waals surface area contributed by atoms with Gasteiger partial charge in [0.1, 0.15) is 13.1 Å². The summed E-state index contributed by atoms with van der Waals surface area (Å²) in [5.74, 6) is -2.56. The van der Waals surface area contributed by atoms with Gasteiger partial charge < -0.3 is 20.5 Å². The molecule has 7 heteroatoms. The van der Waals surface area contributed by atoms with Crippen LogP contribution < -0.4 is 5.73 Å². The van der Waals surface area contributed by atoms with Gasteiger partial charge in [-0.1, -0.05) is 18.2 Å². The molecule has 20 heavy (non-hydrogen) atoms. The highest BCUT2D eigenvalue weighted by Gasteiger charge is 2.22. The molecule has 1 aromatic carbocycles. The fourth-order valence-corrected chi connectivity index (χ4v) is 1.73. The van der Waals surface area contributed by atoms with E-state index in [1.54, 1.807) is 24.3 Å². The number of ether oxygens (including phenoxy) is 1. The molecule has 0 aromatic heterocycles. The zero-order valence-electron chi connectivity index (χ0n) is 11.0. The van der Waals surface area contributed by atoms with Gasteiger partial charge in [0, 0.05) is 12.7 Å². The molecule has 108 valence electrons. The largest absolute Gasteiger partial charge is 0.480 e. The third-order valence-electron chi connectivity index (χ3n) is 2.51. The lowest BCUT2D eigenvalue weighted by molar-refractivity contribution is -0.138. The highest BCUT2D eigenvalue weighted by molar-refractivity contribution is 5.99. The van der Waals surface area contributed by atoms with Crippen LogP contribution in [-0.2, 0) is 20.9 Å². The van der Waals surface area contributed by atoms with Gasteiger partial charge in [-0.25, -0.2) is 0 Å². The number of nitrogens with two attached hydrogens (primary N) is 1. The van der Waals surface area contributed by atoms with Crippen molar-refractivity contribution in [2.45, 2.75) is 6.61 Å². The summed E-state index contributed by atoms with van der Waals surface area (Å²) >= 11 is 0. The summed E-state index contributed by atoms with van der Waals surface area (Å²) < 4.78 is 4.98. The maximum absolute atomic E-state index is 12.3. The monoisotopic (exact) mass is 280 g/mol. The smallest absolute Gasteiger partial charge is 0.323 e. The van der Waals surface area contributed by atoms with Crippen LogP contribution in [0.2, 0.25) is 0 Å². The molecule has 2 amide bonds. The number of aliphatic carboxylic acids is 1. The maximum Gasteiger partial charge on any atom is 0.323 e. The lowest BCUT2D eigenvalue weighted by Crippen LogP contribution is -2.41. The highest BCUT2D eigenvalue weighted by atomic mass is 16.5. The first-order valence-corrected chi connectivity index (χ1v) is 5.82. The molecule has 0 bridgehead atoms. The van der Waals surface area contributed by atoms with Crippen molar-refractivity contribution in [1.82, 2.24) is 4.90 Å². The van der Waals surface area contributed by atoms with E-state index in [1.165, 1.54) is 7.11 Å². The average molecular weight is 280 g/mol. The Morgan fingerprint density at radius 2 is 1.90 bits per heavy atom. The molecule has 0 heterocycles. The zero-order valence-corrected chi connectivity index (χ0v) is 11.0. The SMILES string of the molecule is COCc1ccccc1C(=O)N(CC(N)=O)CC(=O)O. The second-order valence-electron chi connectivity index (χ2n) is 4.11. The van der Waals surface area contributed by atoms with Crippen LogP contribution in [0, 0.1) is 0 Å². The van der Waals surface area contributed by atoms with Gasteiger partial charge in [-0.3, -0.25) is 14.4 Å². The van der Waals surface area contributed by atoms with E-state index in [-0.39, 0.29) is 12.2 Å². The Morgan fingerprint density at radius 3 is 2.45 bits per heavy atom. The number of carboxylic acid groups (broad SMARTS) is 1. The van der Waals surface area contributed by atoms with E-state index in [0.717, 1.165) is 4.90 Å². The molecule has 7 nitrogen and oxygen atoms in total. The molecule has 0 aliphatic heterocycles. The Morgan fingerprint density at radius 1 is 1.25 bits per heavy atom. The number of carbonyl (C=O) groups excluding carboxylic acids is 2. The molecule has 0 saturated carbocycles. The molecule has 0 spiro atoms. The van der Waals surface area contributed by atoms with Crippen LogP contribution in [0.5, 0.6) is 0 Å². The van der Waals surface area contributed by atoms with Gasteiger partial charge in [0.15, 0.2) is 0 Å². The van der Waals surface area contributed by atoms with Gasteiger partial charge in [0.2, 0.25) is 5.91 Å². The van der Waals surface area contributed by atoms with Crippen LogP contribution in [0.15, 0.2) is 24.3 Å². The Hall–Kier alpha value is -2.41. The molecule has 0 fully saturated rings. The fraction of sp³-hybridized carbons (Fsp3) is 0.308. The first kappa shape index (κ1) is 15.6. The minimum Gasteiger partial charge on any atom is -0.480 e. The van der Waals surface area contributed by atoms with Gasteiger partial charge in [0.05, 0.1) is 6.61 Å². The molecule has 0 radical (unpaired) electrons. The number of hydrogen-bond donors (Lipinski definition) is 2. The number of rotatable bonds is 7. The molecule has 1 rings (SSSR count). The topological polar surface area (TPSA) is 110 Å². The second-order valence-corrected chi connectivity index (χ2v) is 4.11. The summed E-state index contributed by atoms with van der Waals surface area (Å²) in [5.41, 5.74) is 5.93. The van der Waals surface area contributed by atoms with Crippen LogP contribution >= 0.6 is 0 Å². The third kappa shape index (κ3) is 4.36. The van der Waals surface area contributed by atoms with E-state index in [4.69, 9.17) is 15.6 Å². The molecular weight excluding hydrogens is 264 g/mol. The lowest BCUT2D eigenvalue weighted by Gasteiger charge is -2.20. The highest BCUT2D eigenvalue weighted by Crippen LogP contribution is 2.13. The van der Waals surface area contributed by atoms with E-state index in [2.05, 4.69) is 0 Å². The summed E-state index contributed by atoms with van der Waals surface area (Å²) in [7, 11) is 1.49. The van der Waals surface area contributed by atoms with Gasteiger partial charge in [-0.15, -0.1) is 0 Å². The number of amides is 2. The first-order chi connectivity index (χ1) is 9.45. The Kier molecular flexibility index (Phi) is 5.67. The van der Waals surface area contributed by atoms with Gasteiger partial charge >= 0.3 is 5.97 Å². The number of hydrogen-bond acceptors (Lipinski definition) is 4. The second kappa shape index (κ2) is 7.25. The zero-order chi connectivity index (χ0) is 15.1. The summed E-state index contributed by atoms with van der Waals surface area (Å²) in [6, 6.07) is 6.63. The van der Waals surface area contributed by atoms with E-state index in [1.807, 2.05) is 0 Å². The van der Waals surface area contributed by atoms with Crippen molar-refractivity contribution >= 4 is 17.8 Å². The average Bonchev–Trinajstić information content (AvgIpc) is 2.37. The Labute approximate surface area is 115 Å². The lowest BCUT2D eigenvalue weighted by atomic mass is 10.1. The van der Waals surface area contributed by atoms with E-state index in [9.17, 15) is 14.4 Å². The number of carboxylic acids is 1. The molecule has 3 N–H and O–H groups in total. The van der Waals surface area contributed by atoms with Crippen molar-refractivity contribution in [2.24, 2.45) is 5.73 Å². The number of methoxy groups -OCH3 is 1. The van der Waals surface area contributed by atoms with Crippen LogP contribution in [0.4, 0.5) is 0 Å². The van der Waals surface area contributed by atoms with Crippen molar-refractivity contribution in [1.29, 1.82) is 0 Å². The minimum absolute atomic E-state index is 0.208. The van der Waals surface area contributed by atoms with Gasteiger partial charge in [-0.2, -0.15) is 0 Å². The van der Waals surface area contributed by atoms with Gasteiger partial charge in [-0.05, 0) is 11.6 Å². The first-order valence-electron chi connectivity index (χ1n) is 5.82. The predicted octanol–water partition coefficient (Wildman–Crippen LogP) is -0.155. The van der Waals surface area contributed by atoms with Crippen LogP contribution in [0.1, 0.15) is 15.9 Å². The van der Waals surface area contributed by atoms with Crippen LogP contribution in [0.3, 0.4) is 0 Å². The van der Waals surface area contributed by atoms with Crippen molar-refractivity contribution in [3.05, 3.63) is 35.4 Å². The predicted molar refractivity (Wildman–Crippen MR) is 69.9 cm³/mol. The molecule has 0 aliphatic carbocycles. The minimum atomic E-state index is -1.22. The number of carbonyl (C=O) groups is 3. The molecule has 0 unspecified atom stereocenters. The number of nitrogens with zero attached hydrogens (tertiary/aromatic N) is 1. The maximum atomic E-state index is 12.3. The molecule has 1 aromatic rings.